The maximum Gasteiger partial charge on any atom is 0.223 e. The standard InChI is InChI=1S/C12H20N2O.ClH/c15-12(11-6-10(11)8-3-4-8)14-7-9-2-1-5-13-9;/h8-11,13H,1-7H2,(H,14,15);1H. The van der Waals surface area contributed by atoms with Crippen LogP contribution in [0.5, 0.6) is 0 Å². The lowest BCUT2D eigenvalue weighted by molar-refractivity contribution is -0.122. The van der Waals surface area contributed by atoms with Crippen molar-refractivity contribution in [3.05, 3.63) is 0 Å². The van der Waals surface area contributed by atoms with Crippen LogP contribution in [0.1, 0.15) is 32.1 Å². The zero-order valence-electron chi connectivity index (χ0n) is 9.58. The third kappa shape index (κ3) is 2.69. The van der Waals surface area contributed by atoms with Crippen LogP contribution in [-0.4, -0.2) is 25.0 Å². The Bertz CT molecular complexity index is 262. The summed E-state index contributed by atoms with van der Waals surface area (Å²) in [5.74, 6) is 2.35. The minimum absolute atomic E-state index is 0. The van der Waals surface area contributed by atoms with Gasteiger partial charge in [-0.15, -0.1) is 12.4 Å². The normalized spacial score (nSPS) is 36.6. The van der Waals surface area contributed by atoms with E-state index >= 15 is 0 Å². The van der Waals surface area contributed by atoms with Gasteiger partial charge in [0.05, 0.1) is 0 Å². The van der Waals surface area contributed by atoms with E-state index in [0.29, 0.717) is 17.9 Å². The summed E-state index contributed by atoms with van der Waals surface area (Å²) >= 11 is 0. The van der Waals surface area contributed by atoms with Crippen LogP contribution < -0.4 is 10.6 Å². The third-order valence-corrected chi connectivity index (χ3v) is 4.09. The molecule has 3 nitrogen and oxygen atoms in total. The second kappa shape index (κ2) is 4.92. The van der Waals surface area contributed by atoms with Crippen molar-refractivity contribution >= 4 is 18.3 Å². The number of hydrogen-bond donors (Lipinski definition) is 2. The van der Waals surface area contributed by atoms with Gasteiger partial charge in [-0.05, 0) is 50.5 Å². The highest BCUT2D eigenvalue weighted by Crippen LogP contribution is 2.54. The van der Waals surface area contributed by atoms with Gasteiger partial charge >= 0.3 is 0 Å². The summed E-state index contributed by atoms with van der Waals surface area (Å²) in [6.45, 7) is 1.96. The minimum atomic E-state index is 0. The molecule has 0 spiro atoms. The minimum Gasteiger partial charge on any atom is -0.354 e. The second-order valence-electron chi connectivity index (χ2n) is 5.38. The lowest BCUT2D eigenvalue weighted by Gasteiger charge is -2.11. The van der Waals surface area contributed by atoms with Crippen LogP contribution >= 0.6 is 12.4 Å². The largest absolute Gasteiger partial charge is 0.354 e. The molecule has 2 aliphatic carbocycles. The molecule has 0 aromatic rings. The van der Waals surface area contributed by atoms with Crippen molar-refractivity contribution in [3.63, 3.8) is 0 Å². The van der Waals surface area contributed by atoms with Crippen molar-refractivity contribution in [2.75, 3.05) is 13.1 Å². The zero-order chi connectivity index (χ0) is 10.3. The number of carbonyl (C=O) groups is 1. The molecule has 4 heteroatoms. The first-order chi connectivity index (χ1) is 7.34. The Morgan fingerprint density at radius 1 is 1.31 bits per heavy atom. The van der Waals surface area contributed by atoms with E-state index in [9.17, 15) is 4.79 Å². The van der Waals surface area contributed by atoms with Gasteiger partial charge in [-0.2, -0.15) is 0 Å². The summed E-state index contributed by atoms with van der Waals surface area (Å²) < 4.78 is 0. The maximum atomic E-state index is 11.8. The third-order valence-electron chi connectivity index (χ3n) is 4.09. The van der Waals surface area contributed by atoms with Crippen LogP contribution in [-0.2, 0) is 4.79 Å². The van der Waals surface area contributed by atoms with Gasteiger partial charge in [0.2, 0.25) is 5.91 Å². The topological polar surface area (TPSA) is 41.1 Å². The first-order valence-electron chi connectivity index (χ1n) is 6.35. The Morgan fingerprint density at radius 3 is 2.75 bits per heavy atom. The quantitative estimate of drug-likeness (QED) is 0.783. The van der Waals surface area contributed by atoms with Crippen molar-refractivity contribution < 1.29 is 4.79 Å². The van der Waals surface area contributed by atoms with Gasteiger partial charge in [-0.1, -0.05) is 0 Å². The van der Waals surface area contributed by atoms with E-state index in [1.807, 2.05) is 0 Å². The van der Waals surface area contributed by atoms with Crippen LogP contribution in [0.25, 0.3) is 0 Å². The summed E-state index contributed by atoms with van der Waals surface area (Å²) in [4.78, 5) is 11.8. The smallest absolute Gasteiger partial charge is 0.223 e. The molecule has 0 radical (unpaired) electrons. The fourth-order valence-electron chi connectivity index (χ4n) is 2.85. The molecule has 3 unspecified atom stereocenters. The zero-order valence-corrected chi connectivity index (χ0v) is 10.4. The molecule has 16 heavy (non-hydrogen) atoms. The maximum absolute atomic E-state index is 11.8. The summed E-state index contributed by atoms with van der Waals surface area (Å²) in [6, 6.07) is 0.534. The van der Waals surface area contributed by atoms with Gasteiger partial charge in [0.1, 0.15) is 0 Å². The Balaban J connectivity index is 0.000000963. The van der Waals surface area contributed by atoms with Crippen molar-refractivity contribution in [2.24, 2.45) is 17.8 Å². The number of hydrogen-bond acceptors (Lipinski definition) is 2. The van der Waals surface area contributed by atoms with E-state index in [2.05, 4.69) is 10.6 Å². The Hall–Kier alpha value is -0.280. The molecular formula is C12H21ClN2O. The molecule has 3 atom stereocenters. The molecule has 1 heterocycles. The monoisotopic (exact) mass is 244 g/mol. The summed E-state index contributed by atoms with van der Waals surface area (Å²) in [7, 11) is 0. The summed E-state index contributed by atoms with van der Waals surface area (Å²) in [5.41, 5.74) is 0. The SMILES string of the molecule is Cl.O=C(NCC1CCCN1)C1CC1C1CC1. The average Bonchev–Trinajstić information content (AvgIpc) is 3.11. The van der Waals surface area contributed by atoms with Crippen LogP contribution in [0.4, 0.5) is 0 Å². The van der Waals surface area contributed by atoms with Gasteiger partial charge in [0.25, 0.3) is 0 Å². The van der Waals surface area contributed by atoms with E-state index in [4.69, 9.17) is 0 Å². The molecule has 0 aromatic carbocycles. The molecule has 92 valence electrons. The van der Waals surface area contributed by atoms with E-state index in [1.165, 1.54) is 25.7 Å². The first kappa shape index (κ1) is 12.2. The number of carbonyl (C=O) groups excluding carboxylic acids is 1. The molecule has 1 saturated heterocycles. The van der Waals surface area contributed by atoms with Crippen molar-refractivity contribution in [2.45, 2.75) is 38.1 Å². The van der Waals surface area contributed by atoms with Gasteiger partial charge in [0.15, 0.2) is 0 Å². The fourth-order valence-corrected chi connectivity index (χ4v) is 2.85. The Morgan fingerprint density at radius 2 is 2.12 bits per heavy atom. The molecule has 1 amide bonds. The van der Waals surface area contributed by atoms with Crippen LogP contribution in [0.2, 0.25) is 0 Å². The molecule has 0 bridgehead atoms. The molecule has 1 aliphatic heterocycles. The van der Waals surface area contributed by atoms with Crippen molar-refractivity contribution in [1.29, 1.82) is 0 Å². The lowest BCUT2D eigenvalue weighted by atomic mass is 10.2. The predicted molar refractivity (Wildman–Crippen MR) is 65.6 cm³/mol. The highest BCUT2D eigenvalue weighted by atomic mass is 35.5. The van der Waals surface area contributed by atoms with Gasteiger partial charge in [-0.25, -0.2) is 0 Å². The number of rotatable bonds is 4. The average molecular weight is 245 g/mol. The molecule has 3 fully saturated rings. The highest BCUT2D eigenvalue weighted by Gasteiger charge is 2.50. The molecule has 0 aromatic heterocycles. The Kier molecular flexibility index (Phi) is 3.75. The highest BCUT2D eigenvalue weighted by molar-refractivity contribution is 5.85. The number of halogens is 1. The number of amides is 1. The van der Waals surface area contributed by atoms with Gasteiger partial charge < -0.3 is 10.6 Å². The molecular weight excluding hydrogens is 224 g/mol. The van der Waals surface area contributed by atoms with E-state index in [0.717, 1.165) is 31.3 Å². The predicted octanol–water partition coefficient (Wildman–Crippen LogP) is 1.32. The van der Waals surface area contributed by atoms with Crippen LogP contribution in [0, 0.1) is 17.8 Å². The van der Waals surface area contributed by atoms with E-state index in [-0.39, 0.29) is 12.4 Å². The van der Waals surface area contributed by atoms with Crippen molar-refractivity contribution in [3.8, 4) is 0 Å². The van der Waals surface area contributed by atoms with Crippen LogP contribution in [0.15, 0.2) is 0 Å². The first-order valence-corrected chi connectivity index (χ1v) is 6.35. The van der Waals surface area contributed by atoms with Crippen molar-refractivity contribution in [1.82, 2.24) is 10.6 Å². The van der Waals surface area contributed by atoms with Crippen LogP contribution in [0.3, 0.4) is 0 Å². The molecule has 3 rings (SSSR count). The lowest BCUT2D eigenvalue weighted by Crippen LogP contribution is -2.38. The fraction of sp³-hybridized carbons (Fsp3) is 0.917. The summed E-state index contributed by atoms with van der Waals surface area (Å²) in [5, 5.41) is 6.50. The summed E-state index contributed by atoms with van der Waals surface area (Å²) in [6.07, 6.45) is 6.39. The molecule has 2 saturated carbocycles. The molecule has 3 aliphatic rings. The molecule has 2 N–H and O–H groups in total. The van der Waals surface area contributed by atoms with E-state index in [1.54, 1.807) is 0 Å². The van der Waals surface area contributed by atoms with E-state index < -0.39 is 0 Å². The number of nitrogens with one attached hydrogen (secondary N) is 2. The van der Waals surface area contributed by atoms with Gasteiger partial charge in [0, 0.05) is 18.5 Å². The van der Waals surface area contributed by atoms with Gasteiger partial charge in [-0.3, -0.25) is 4.79 Å². The second-order valence-corrected chi connectivity index (χ2v) is 5.38. The Labute approximate surface area is 103 Å².